The first-order valence-electron chi connectivity index (χ1n) is 3.26. The molecular weight excluding hydrogens is 162 g/mol. The van der Waals surface area contributed by atoms with E-state index in [-0.39, 0.29) is 32.5 Å². The number of Topliss-reactive ketones (excluding diaryl/α,β-unsaturated/α-hetero) is 1. The number of ketones is 1. The normalized spacial score (nSPS) is 6.73. The molecule has 4 heteroatoms. The van der Waals surface area contributed by atoms with Crippen LogP contribution in [0.1, 0.15) is 39.5 Å². The summed E-state index contributed by atoms with van der Waals surface area (Å²) in [7, 11) is 0. The summed E-state index contributed by atoms with van der Waals surface area (Å²) in [5, 5.41) is 0. The number of hydrogen-bond acceptors (Lipinski definition) is 1. The number of halogens is 2. The molecule has 0 fully saturated rings. The van der Waals surface area contributed by atoms with Crippen molar-refractivity contribution < 1.29 is 14.2 Å². The van der Waals surface area contributed by atoms with E-state index in [1.165, 1.54) is 12.8 Å². The van der Waals surface area contributed by atoms with Crippen LogP contribution < -0.4 is 9.41 Å². The van der Waals surface area contributed by atoms with Gasteiger partial charge >= 0.3 is 23.1 Å². The molecule has 0 saturated heterocycles. The third-order valence-corrected chi connectivity index (χ3v) is 1.13. The van der Waals surface area contributed by atoms with Crippen LogP contribution in [0.2, 0.25) is 0 Å². The van der Waals surface area contributed by atoms with Gasteiger partial charge in [-0.3, -0.25) is 0 Å². The zero-order valence-electron chi connectivity index (χ0n) is 7.20. The fourth-order valence-corrected chi connectivity index (χ4v) is 0.624. The maximum atomic E-state index is 10.3. The second-order valence-corrected chi connectivity index (χ2v) is 2.16. The Morgan fingerprint density at radius 3 is 1.91 bits per heavy atom. The van der Waals surface area contributed by atoms with Crippen LogP contribution in [0.4, 0.5) is 0 Å². The molecule has 0 bridgehead atoms. The molecule has 11 heavy (non-hydrogen) atoms. The van der Waals surface area contributed by atoms with E-state index in [1.807, 2.05) is 0 Å². The maximum absolute atomic E-state index is 10.3. The van der Waals surface area contributed by atoms with Crippen molar-refractivity contribution in [2.24, 2.45) is 0 Å². The standard InChI is InChI=1S/C7H14O.2FH.Mg/c1-3-4-5-6-7(2)8;;;/h3-6H2,1-2H3;2*1H;/q;;;+2/p-2. The molecule has 0 N–H and O–H groups in total. The van der Waals surface area contributed by atoms with Gasteiger partial charge in [0.05, 0.1) is 0 Å². The monoisotopic (exact) mass is 176 g/mol. The molecule has 0 saturated carbocycles. The molecule has 0 amide bonds. The van der Waals surface area contributed by atoms with Gasteiger partial charge in [-0.1, -0.05) is 19.8 Å². The molecule has 0 unspecified atom stereocenters. The third kappa shape index (κ3) is 25.3. The van der Waals surface area contributed by atoms with Crippen molar-refractivity contribution >= 4 is 28.8 Å². The first-order valence-corrected chi connectivity index (χ1v) is 3.26. The zero-order chi connectivity index (χ0) is 6.41. The van der Waals surface area contributed by atoms with Crippen LogP contribution in [0.15, 0.2) is 0 Å². The van der Waals surface area contributed by atoms with E-state index in [0.717, 1.165) is 12.8 Å². The number of hydrogen-bond donors (Lipinski definition) is 0. The van der Waals surface area contributed by atoms with Crippen molar-refractivity contribution in [3.63, 3.8) is 0 Å². The SMILES string of the molecule is CCCCCC(C)=O.[F-].[F-].[Mg+2]. The van der Waals surface area contributed by atoms with Crippen LogP contribution in [0.25, 0.3) is 0 Å². The van der Waals surface area contributed by atoms with Gasteiger partial charge in [0.1, 0.15) is 5.78 Å². The summed E-state index contributed by atoms with van der Waals surface area (Å²) in [5.41, 5.74) is 0. The van der Waals surface area contributed by atoms with Gasteiger partial charge in [-0.05, 0) is 13.3 Å². The number of carbonyl (C=O) groups excluding carboxylic acids is 1. The molecule has 0 spiro atoms. The van der Waals surface area contributed by atoms with E-state index in [9.17, 15) is 4.79 Å². The van der Waals surface area contributed by atoms with Crippen LogP contribution in [0.3, 0.4) is 0 Å². The minimum absolute atomic E-state index is 0. The summed E-state index contributed by atoms with van der Waals surface area (Å²) < 4.78 is 0. The minimum Gasteiger partial charge on any atom is -1.00 e. The molecule has 1 nitrogen and oxygen atoms in total. The van der Waals surface area contributed by atoms with Gasteiger partial charge in [0.2, 0.25) is 0 Å². The molecule has 0 aromatic heterocycles. The quantitative estimate of drug-likeness (QED) is 0.314. The van der Waals surface area contributed by atoms with Gasteiger partial charge in [0.15, 0.2) is 0 Å². The summed E-state index contributed by atoms with van der Waals surface area (Å²) in [6.45, 7) is 3.79. The zero-order valence-corrected chi connectivity index (χ0v) is 8.61. The van der Waals surface area contributed by atoms with Crippen LogP contribution in [-0.4, -0.2) is 28.8 Å². The molecule has 0 aromatic carbocycles. The molecule has 0 aliphatic carbocycles. The van der Waals surface area contributed by atoms with E-state index in [4.69, 9.17) is 0 Å². The van der Waals surface area contributed by atoms with Crippen LogP contribution in [0, 0.1) is 0 Å². The van der Waals surface area contributed by atoms with Gasteiger partial charge < -0.3 is 14.2 Å². The van der Waals surface area contributed by atoms with E-state index in [0.29, 0.717) is 5.78 Å². The molecule has 0 aromatic rings. The number of unbranched alkanes of at least 4 members (excludes halogenated alkanes) is 2. The topological polar surface area (TPSA) is 17.1 Å². The van der Waals surface area contributed by atoms with Gasteiger partial charge in [0, 0.05) is 6.42 Å². The molecular formula is C7H14F2MgO. The van der Waals surface area contributed by atoms with Crippen molar-refractivity contribution in [2.45, 2.75) is 39.5 Å². The number of rotatable bonds is 4. The first-order chi connectivity index (χ1) is 3.77. The van der Waals surface area contributed by atoms with E-state index < -0.39 is 0 Å². The average Bonchev–Trinajstić information content (AvgIpc) is 1.66. The smallest absolute Gasteiger partial charge is 1.00 e. The van der Waals surface area contributed by atoms with Crippen molar-refractivity contribution in [3.05, 3.63) is 0 Å². The molecule has 0 aliphatic rings. The largest absolute Gasteiger partial charge is 2.00 e. The molecule has 0 heterocycles. The van der Waals surface area contributed by atoms with Gasteiger partial charge in [-0.2, -0.15) is 0 Å². The predicted octanol–water partition coefficient (Wildman–Crippen LogP) is -4.22. The second-order valence-electron chi connectivity index (χ2n) is 2.16. The fourth-order valence-electron chi connectivity index (χ4n) is 0.624. The summed E-state index contributed by atoms with van der Waals surface area (Å²) >= 11 is 0. The van der Waals surface area contributed by atoms with Crippen LogP contribution >= 0.6 is 0 Å². The number of carbonyl (C=O) groups is 1. The van der Waals surface area contributed by atoms with Gasteiger partial charge in [-0.25, -0.2) is 0 Å². The van der Waals surface area contributed by atoms with Crippen LogP contribution in [0.5, 0.6) is 0 Å². The van der Waals surface area contributed by atoms with Crippen LogP contribution in [-0.2, 0) is 4.79 Å². The molecule has 0 radical (unpaired) electrons. The van der Waals surface area contributed by atoms with Gasteiger partial charge in [0.25, 0.3) is 0 Å². The summed E-state index contributed by atoms with van der Waals surface area (Å²) in [6, 6.07) is 0. The van der Waals surface area contributed by atoms with E-state index in [1.54, 1.807) is 6.92 Å². The molecule has 0 atom stereocenters. The minimum atomic E-state index is 0. The molecule has 0 rings (SSSR count). The average molecular weight is 176 g/mol. The van der Waals surface area contributed by atoms with Crippen molar-refractivity contribution in [2.75, 3.05) is 0 Å². The Kier molecular flexibility index (Phi) is 34.2. The maximum Gasteiger partial charge on any atom is 2.00 e. The van der Waals surface area contributed by atoms with Crippen molar-refractivity contribution in [1.29, 1.82) is 0 Å². The van der Waals surface area contributed by atoms with E-state index >= 15 is 0 Å². The summed E-state index contributed by atoms with van der Waals surface area (Å²) in [5.74, 6) is 0.318. The Hall–Kier alpha value is 0.296. The van der Waals surface area contributed by atoms with Gasteiger partial charge in [-0.15, -0.1) is 0 Å². The molecule has 64 valence electrons. The fraction of sp³-hybridized carbons (Fsp3) is 0.857. The third-order valence-electron chi connectivity index (χ3n) is 1.13. The Labute approximate surface area is 82.8 Å². The van der Waals surface area contributed by atoms with Crippen molar-refractivity contribution in [1.82, 2.24) is 0 Å². The predicted molar refractivity (Wildman–Crippen MR) is 40.6 cm³/mol. The molecule has 0 aliphatic heterocycles. The summed E-state index contributed by atoms with van der Waals surface area (Å²) in [6.07, 6.45) is 4.24. The Morgan fingerprint density at radius 2 is 1.64 bits per heavy atom. The Balaban J connectivity index is -0.0000000817. The Bertz CT molecular complexity index is 78.8. The first kappa shape index (κ1) is 22.5. The van der Waals surface area contributed by atoms with E-state index in [2.05, 4.69) is 6.92 Å². The summed E-state index contributed by atoms with van der Waals surface area (Å²) in [4.78, 5) is 10.3. The Morgan fingerprint density at radius 1 is 1.18 bits per heavy atom. The van der Waals surface area contributed by atoms with Crippen molar-refractivity contribution in [3.8, 4) is 0 Å². The second kappa shape index (κ2) is 16.7.